The van der Waals surface area contributed by atoms with Crippen LogP contribution in [0, 0.1) is 5.82 Å². The smallest absolute Gasteiger partial charge is 0.238 e. The minimum absolute atomic E-state index is 0.122. The van der Waals surface area contributed by atoms with E-state index < -0.39 is 5.82 Å². The molecule has 1 aromatic carbocycles. The fourth-order valence-corrected chi connectivity index (χ4v) is 2.02. The van der Waals surface area contributed by atoms with Gasteiger partial charge in [-0.25, -0.2) is 4.39 Å². The number of carbonyl (C=O) groups excluding carboxylic acids is 1. The molecule has 0 heterocycles. The van der Waals surface area contributed by atoms with Crippen LogP contribution in [-0.4, -0.2) is 30.4 Å². The zero-order chi connectivity index (χ0) is 13.1. The summed E-state index contributed by atoms with van der Waals surface area (Å²) in [6.45, 7) is 0.335. The predicted molar refractivity (Wildman–Crippen MR) is 69.7 cm³/mol. The molecular formula is C13H18FN3O. The first-order valence-electron chi connectivity index (χ1n) is 6.11. The number of carbonyl (C=O) groups is 1. The molecule has 1 aromatic rings. The Balaban J connectivity index is 1.90. The van der Waals surface area contributed by atoms with Gasteiger partial charge in [-0.1, -0.05) is 6.42 Å². The van der Waals surface area contributed by atoms with Gasteiger partial charge in [-0.05, 0) is 38.1 Å². The fraction of sp³-hybridized carbons (Fsp3) is 0.462. The van der Waals surface area contributed by atoms with Crippen molar-refractivity contribution in [3.05, 3.63) is 24.0 Å². The maximum Gasteiger partial charge on any atom is 0.238 e. The molecule has 2 rings (SSSR count). The molecule has 18 heavy (non-hydrogen) atoms. The number of likely N-dealkylation sites (N-methyl/N-ethyl adjacent to an activating group) is 1. The quantitative estimate of drug-likeness (QED) is 0.803. The lowest BCUT2D eigenvalue weighted by Gasteiger charge is -2.34. The first-order valence-corrected chi connectivity index (χ1v) is 6.11. The summed E-state index contributed by atoms with van der Waals surface area (Å²) >= 11 is 0. The largest absolute Gasteiger partial charge is 0.397 e. The summed E-state index contributed by atoms with van der Waals surface area (Å²) in [6, 6.07) is 4.47. The van der Waals surface area contributed by atoms with Crippen LogP contribution in [0.2, 0.25) is 0 Å². The number of halogens is 1. The lowest BCUT2D eigenvalue weighted by molar-refractivity contribution is -0.117. The van der Waals surface area contributed by atoms with Crippen molar-refractivity contribution >= 4 is 17.3 Å². The predicted octanol–water partition coefficient (Wildman–Crippen LogP) is 1.83. The number of nitrogens with one attached hydrogen (secondary N) is 1. The molecule has 0 spiro atoms. The van der Waals surface area contributed by atoms with Gasteiger partial charge in [0.05, 0.1) is 17.9 Å². The molecule has 1 aliphatic rings. The van der Waals surface area contributed by atoms with Crippen molar-refractivity contribution in [2.45, 2.75) is 25.3 Å². The van der Waals surface area contributed by atoms with Gasteiger partial charge in [-0.15, -0.1) is 0 Å². The minimum Gasteiger partial charge on any atom is -0.397 e. The van der Waals surface area contributed by atoms with Crippen molar-refractivity contribution < 1.29 is 9.18 Å². The second-order valence-electron chi connectivity index (χ2n) is 4.78. The third-order valence-electron chi connectivity index (χ3n) is 3.38. The summed E-state index contributed by atoms with van der Waals surface area (Å²) in [5, 5.41) is 2.70. The van der Waals surface area contributed by atoms with Gasteiger partial charge in [0.25, 0.3) is 0 Å². The van der Waals surface area contributed by atoms with Crippen LogP contribution in [0.1, 0.15) is 19.3 Å². The minimum atomic E-state index is -0.405. The van der Waals surface area contributed by atoms with E-state index in [0.29, 0.717) is 18.3 Å². The van der Waals surface area contributed by atoms with Crippen LogP contribution in [0.25, 0.3) is 0 Å². The Kier molecular flexibility index (Phi) is 3.81. The van der Waals surface area contributed by atoms with E-state index in [2.05, 4.69) is 5.32 Å². The number of hydrogen-bond acceptors (Lipinski definition) is 3. The highest BCUT2D eigenvalue weighted by molar-refractivity contribution is 5.95. The molecular weight excluding hydrogens is 233 g/mol. The third kappa shape index (κ3) is 2.98. The van der Waals surface area contributed by atoms with E-state index in [1.165, 1.54) is 24.6 Å². The van der Waals surface area contributed by atoms with Crippen molar-refractivity contribution in [2.24, 2.45) is 0 Å². The number of benzene rings is 1. The molecule has 0 radical (unpaired) electrons. The lowest BCUT2D eigenvalue weighted by atomic mass is 9.92. The van der Waals surface area contributed by atoms with Crippen LogP contribution in [0.5, 0.6) is 0 Å². The summed E-state index contributed by atoms with van der Waals surface area (Å²) in [4.78, 5) is 13.8. The first-order chi connectivity index (χ1) is 8.56. The number of nitrogens with zero attached hydrogens (tertiary/aromatic N) is 1. The van der Waals surface area contributed by atoms with Crippen LogP contribution in [0.3, 0.4) is 0 Å². The molecule has 1 saturated carbocycles. The number of nitrogens with two attached hydrogens (primary N) is 1. The summed E-state index contributed by atoms with van der Waals surface area (Å²) in [5.41, 5.74) is 6.34. The van der Waals surface area contributed by atoms with Crippen molar-refractivity contribution in [2.75, 3.05) is 24.6 Å². The van der Waals surface area contributed by atoms with Gasteiger partial charge in [-0.3, -0.25) is 9.69 Å². The van der Waals surface area contributed by atoms with E-state index in [9.17, 15) is 9.18 Å². The number of rotatable bonds is 4. The maximum absolute atomic E-state index is 12.9. The summed E-state index contributed by atoms with van der Waals surface area (Å²) in [5.74, 6) is -0.528. The normalized spacial score (nSPS) is 15.5. The van der Waals surface area contributed by atoms with Crippen molar-refractivity contribution in [3.63, 3.8) is 0 Å². The van der Waals surface area contributed by atoms with Gasteiger partial charge in [0.1, 0.15) is 5.82 Å². The SMILES string of the molecule is CN(CC(=O)Nc1ccc(F)cc1N)C1CCC1. The molecule has 0 unspecified atom stereocenters. The third-order valence-corrected chi connectivity index (χ3v) is 3.38. The van der Waals surface area contributed by atoms with Gasteiger partial charge in [0.2, 0.25) is 5.91 Å². The molecule has 1 fully saturated rings. The molecule has 0 saturated heterocycles. The molecule has 0 bridgehead atoms. The molecule has 4 nitrogen and oxygen atoms in total. The zero-order valence-corrected chi connectivity index (χ0v) is 10.4. The Morgan fingerprint density at radius 1 is 1.56 bits per heavy atom. The van der Waals surface area contributed by atoms with E-state index in [0.717, 1.165) is 12.8 Å². The maximum atomic E-state index is 12.9. The topological polar surface area (TPSA) is 58.4 Å². The molecule has 1 aliphatic carbocycles. The Hall–Kier alpha value is -1.62. The second-order valence-corrected chi connectivity index (χ2v) is 4.78. The fourth-order valence-electron chi connectivity index (χ4n) is 2.02. The zero-order valence-electron chi connectivity index (χ0n) is 10.4. The van der Waals surface area contributed by atoms with E-state index in [1.807, 2.05) is 11.9 Å². The summed E-state index contributed by atoms with van der Waals surface area (Å²) < 4.78 is 12.9. The monoisotopic (exact) mass is 251 g/mol. The van der Waals surface area contributed by atoms with Gasteiger partial charge in [0, 0.05) is 6.04 Å². The number of amides is 1. The standard InChI is InChI=1S/C13H18FN3O/c1-17(10-3-2-4-10)8-13(18)16-12-6-5-9(14)7-11(12)15/h5-7,10H,2-4,8,15H2,1H3,(H,16,18). The summed E-state index contributed by atoms with van der Waals surface area (Å²) in [7, 11) is 1.94. The summed E-state index contributed by atoms with van der Waals surface area (Å²) in [6.07, 6.45) is 3.55. The van der Waals surface area contributed by atoms with Crippen molar-refractivity contribution in [1.82, 2.24) is 4.90 Å². The molecule has 3 N–H and O–H groups in total. The Morgan fingerprint density at radius 3 is 2.83 bits per heavy atom. The number of nitrogen functional groups attached to an aromatic ring is 1. The molecule has 5 heteroatoms. The van der Waals surface area contributed by atoms with Crippen molar-refractivity contribution in [3.8, 4) is 0 Å². The molecule has 0 aliphatic heterocycles. The first kappa shape index (κ1) is 12.8. The molecule has 1 amide bonds. The van der Waals surface area contributed by atoms with Crippen molar-refractivity contribution in [1.29, 1.82) is 0 Å². The molecule has 98 valence electrons. The van der Waals surface area contributed by atoms with Crippen LogP contribution in [-0.2, 0) is 4.79 Å². The van der Waals surface area contributed by atoms with Gasteiger partial charge in [0.15, 0.2) is 0 Å². The van der Waals surface area contributed by atoms with Crippen LogP contribution < -0.4 is 11.1 Å². The number of hydrogen-bond donors (Lipinski definition) is 2. The lowest BCUT2D eigenvalue weighted by Crippen LogP contribution is -2.41. The van der Waals surface area contributed by atoms with E-state index >= 15 is 0 Å². The van der Waals surface area contributed by atoms with E-state index in [1.54, 1.807) is 0 Å². The average molecular weight is 251 g/mol. The average Bonchev–Trinajstić information content (AvgIpc) is 2.19. The Bertz CT molecular complexity index is 446. The second kappa shape index (κ2) is 5.35. The Morgan fingerprint density at radius 2 is 2.28 bits per heavy atom. The number of anilines is 2. The van der Waals surface area contributed by atoms with Crippen LogP contribution in [0.4, 0.5) is 15.8 Å². The highest BCUT2D eigenvalue weighted by Gasteiger charge is 2.23. The van der Waals surface area contributed by atoms with Gasteiger partial charge < -0.3 is 11.1 Å². The highest BCUT2D eigenvalue weighted by Crippen LogP contribution is 2.23. The molecule has 0 atom stereocenters. The van der Waals surface area contributed by atoms with Crippen LogP contribution in [0.15, 0.2) is 18.2 Å². The molecule has 0 aromatic heterocycles. The van der Waals surface area contributed by atoms with E-state index in [-0.39, 0.29) is 11.6 Å². The van der Waals surface area contributed by atoms with Crippen LogP contribution >= 0.6 is 0 Å². The Labute approximate surface area is 106 Å². The van der Waals surface area contributed by atoms with E-state index in [4.69, 9.17) is 5.73 Å². The van der Waals surface area contributed by atoms with Gasteiger partial charge in [-0.2, -0.15) is 0 Å². The van der Waals surface area contributed by atoms with Gasteiger partial charge >= 0.3 is 0 Å². The highest BCUT2D eigenvalue weighted by atomic mass is 19.1.